The molecule has 0 aromatic heterocycles. The van der Waals surface area contributed by atoms with E-state index < -0.39 is 29.9 Å². The van der Waals surface area contributed by atoms with Gasteiger partial charge in [0.2, 0.25) is 5.79 Å². The molecular formula is C38H57N3O11. The fourth-order valence-corrected chi connectivity index (χ4v) is 8.02. The predicted molar refractivity (Wildman–Crippen MR) is 193 cm³/mol. The third-order valence-electron chi connectivity index (χ3n) is 9.97. The second-order valence-corrected chi connectivity index (χ2v) is 13.1. The third-order valence-corrected chi connectivity index (χ3v) is 9.97. The van der Waals surface area contributed by atoms with Gasteiger partial charge in [0.05, 0.1) is 44.7 Å². The largest absolute Gasteiger partial charge is 0.459 e. The van der Waals surface area contributed by atoms with Crippen LogP contribution in [0, 0.1) is 17.8 Å². The molecule has 1 saturated carbocycles. The van der Waals surface area contributed by atoms with E-state index in [4.69, 9.17) is 28.5 Å². The number of amides is 2. The highest BCUT2D eigenvalue weighted by Gasteiger charge is 2.65. The quantitative estimate of drug-likeness (QED) is 0.0794. The van der Waals surface area contributed by atoms with Crippen molar-refractivity contribution >= 4 is 17.9 Å². The summed E-state index contributed by atoms with van der Waals surface area (Å²) in [4.78, 5) is 33.4. The number of nitrogens with one attached hydrogen (secondary N) is 1. The average molecular weight is 732 g/mol. The summed E-state index contributed by atoms with van der Waals surface area (Å²) >= 11 is 0. The molecule has 0 unspecified atom stereocenters. The Labute approximate surface area is 306 Å². The minimum Gasteiger partial charge on any atom is -0.459 e. The molecule has 1 heterocycles. The number of aliphatic hydroxyl groups excluding tert-OH is 3. The highest BCUT2D eigenvalue weighted by molar-refractivity contribution is 6.03. The maximum absolute atomic E-state index is 13.9. The standard InChI is InChI=1S/C38H57N3O11/c1-5-20-50-38-33(41(37(46)49-7-3)16-21-48-22-19-44)25-31(40-47-4)29-23-26(12-8-10-17-42)28(13-9-11-18-43)34(35(29)38)30-24-27(14-15-32(30)52-38)51-36(45)39-6-2/h5,14-15,23-24,26,28,33-35,42-44H,1,6-13,16-22,25H2,2-4H3,(H,39,45)/t26-,28+,33-,34+,35+,38+/m0/s1. The molecule has 1 aliphatic heterocycles. The van der Waals surface area contributed by atoms with E-state index in [1.807, 2.05) is 13.0 Å². The fraction of sp³-hybridized carbons (Fsp3) is 0.658. The van der Waals surface area contributed by atoms with Gasteiger partial charge in [0.15, 0.2) is 0 Å². The summed E-state index contributed by atoms with van der Waals surface area (Å²) in [6.07, 6.45) is 7.31. The second-order valence-electron chi connectivity index (χ2n) is 13.1. The lowest BCUT2D eigenvalue weighted by Crippen LogP contribution is -2.70. The zero-order valence-corrected chi connectivity index (χ0v) is 30.8. The first kappa shape index (κ1) is 41.1. The van der Waals surface area contributed by atoms with E-state index in [-0.39, 0.29) is 77.0 Å². The van der Waals surface area contributed by atoms with Crippen LogP contribution < -0.4 is 14.8 Å². The van der Waals surface area contributed by atoms with Crippen molar-refractivity contribution in [2.24, 2.45) is 22.9 Å². The Kier molecular flexibility index (Phi) is 16.2. The topological polar surface area (TPSA) is 178 Å². The van der Waals surface area contributed by atoms with Gasteiger partial charge in [-0.3, -0.25) is 4.90 Å². The number of fused-ring (bicyclic) bond motifs is 2. The van der Waals surface area contributed by atoms with Crippen molar-refractivity contribution in [3.63, 3.8) is 0 Å². The van der Waals surface area contributed by atoms with Gasteiger partial charge < -0.3 is 49.2 Å². The number of nitrogens with zero attached hydrogens (tertiary/aromatic N) is 2. The lowest BCUT2D eigenvalue weighted by atomic mass is 9.55. The smallest absolute Gasteiger partial charge is 0.412 e. The van der Waals surface area contributed by atoms with Crippen LogP contribution in [0.2, 0.25) is 0 Å². The Balaban J connectivity index is 2.00. The predicted octanol–water partition coefficient (Wildman–Crippen LogP) is 4.53. The van der Waals surface area contributed by atoms with Crippen LogP contribution in [0.15, 0.2) is 47.7 Å². The Hall–Kier alpha value is -3.69. The molecule has 0 radical (unpaired) electrons. The van der Waals surface area contributed by atoms with Crippen LogP contribution in [0.25, 0.3) is 0 Å². The van der Waals surface area contributed by atoms with Crippen LogP contribution in [0.5, 0.6) is 11.5 Å². The zero-order valence-electron chi connectivity index (χ0n) is 30.8. The highest BCUT2D eigenvalue weighted by atomic mass is 16.7. The third kappa shape index (κ3) is 9.45. The van der Waals surface area contributed by atoms with E-state index in [0.717, 1.165) is 36.8 Å². The summed E-state index contributed by atoms with van der Waals surface area (Å²) in [6.45, 7) is 8.44. The van der Waals surface area contributed by atoms with Gasteiger partial charge >= 0.3 is 12.2 Å². The molecule has 1 aromatic carbocycles. The first-order valence-electron chi connectivity index (χ1n) is 18.5. The van der Waals surface area contributed by atoms with Crippen LogP contribution >= 0.6 is 0 Å². The van der Waals surface area contributed by atoms with E-state index >= 15 is 0 Å². The molecule has 2 amide bonds. The van der Waals surface area contributed by atoms with Crippen molar-refractivity contribution in [2.75, 3.05) is 66.4 Å². The Bertz CT molecular complexity index is 1390. The van der Waals surface area contributed by atoms with Gasteiger partial charge in [-0.1, -0.05) is 30.1 Å². The summed E-state index contributed by atoms with van der Waals surface area (Å²) in [7, 11) is 1.48. The Morgan fingerprint density at radius 3 is 2.54 bits per heavy atom. The normalized spacial score (nSPS) is 25.2. The van der Waals surface area contributed by atoms with Gasteiger partial charge in [-0.05, 0) is 75.1 Å². The molecule has 14 nitrogen and oxygen atoms in total. The Morgan fingerprint density at radius 1 is 1.10 bits per heavy atom. The molecule has 1 fully saturated rings. The Morgan fingerprint density at radius 2 is 1.87 bits per heavy atom. The van der Waals surface area contributed by atoms with Crippen LogP contribution in [-0.4, -0.2) is 116 Å². The van der Waals surface area contributed by atoms with Gasteiger partial charge in [0.1, 0.15) is 24.7 Å². The summed E-state index contributed by atoms with van der Waals surface area (Å²) in [5.41, 5.74) is 2.33. The lowest BCUT2D eigenvalue weighted by molar-refractivity contribution is -0.256. The van der Waals surface area contributed by atoms with Crippen LogP contribution in [0.1, 0.15) is 70.3 Å². The number of unbranched alkanes of at least 4 members (excludes halogenated alkanes) is 2. The van der Waals surface area contributed by atoms with Crippen molar-refractivity contribution in [1.29, 1.82) is 0 Å². The van der Waals surface area contributed by atoms with E-state index in [1.54, 1.807) is 30.0 Å². The molecule has 290 valence electrons. The monoisotopic (exact) mass is 731 g/mol. The molecular weight excluding hydrogens is 674 g/mol. The number of ether oxygens (including phenoxy) is 5. The number of rotatable bonds is 21. The van der Waals surface area contributed by atoms with Crippen LogP contribution in [-0.2, 0) is 19.0 Å². The second kappa shape index (κ2) is 20.5. The summed E-state index contributed by atoms with van der Waals surface area (Å²) in [5, 5.41) is 36.1. The van der Waals surface area contributed by atoms with Gasteiger partial charge in [0.25, 0.3) is 0 Å². The molecule has 14 heteroatoms. The average Bonchev–Trinajstić information content (AvgIpc) is 3.13. The van der Waals surface area contributed by atoms with Gasteiger partial charge in [-0.15, -0.1) is 6.58 Å². The van der Waals surface area contributed by atoms with Crippen molar-refractivity contribution in [2.45, 2.75) is 76.5 Å². The van der Waals surface area contributed by atoms with Crippen molar-refractivity contribution in [1.82, 2.24) is 10.2 Å². The number of carbonyl (C=O) groups is 2. The molecule has 2 aliphatic carbocycles. The number of hydrogen-bond donors (Lipinski definition) is 4. The number of aliphatic hydroxyl groups is 3. The van der Waals surface area contributed by atoms with Crippen molar-refractivity contribution < 1.29 is 53.4 Å². The van der Waals surface area contributed by atoms with E-state index in [2.05, 4.69) is 23.1 Å². The summed E-state index contributed by atoms with van der Waals surface area (Å²) in [5.74, 6) is -1.37. The highest BCUT2D eigenvalue weighted by Crippen LogP contribution is 2.61. The number of benzene rings is 1. The minimum absolute atomic E-state index is 0.000423. The van der Waals surface area contributed by atoms with Crippen LogP contribution in [0.3, 0.4) is 0 Å². The summed E-state index contributed by atoms with van der Waals surface area (Å²) < 4.78 is 30.9. The molecule has 6 atom stereocenters. The fourth-order valence-electron chi connectivity index (χ4n) is 8.02. The minimum atomic E-state index is -1.47. The van der Waals surface area contributed by atoms with Crippen LogP contribution in [0.4, 0.5) is 9.59 Å². The lowest BCUT2D eigenvalue weighted by Gasteiger charge is -2.59. The molecule has 0 spiro atoms. The number of oxime groups is 1. The van der Waals surface area contributed by atoms with Gasteiger partial charge in [-0.2, -0.15) is 0 Å². The maximum Gasteiger partial charge on any atom is 0.412 e. The molecule has 4 rings (SSSR count). The van der Waals surface area contributed by atoms with Crippen molar-refractivity contribution in [3.8, 4) is 11.5 Å². The van der Waals surface area contributed by atoms with E-state index in [9.17, 15) is 24.9 Å². The molecule has 3 aliphatic rings. The molecule has 0 bridgehead atoms. The SMILES string of the molecule is C=CCO[C@@]12Oc3ccc(OC(=O)NCC)cc3[C@H]3[C@H](CCCCO)[C@@H](CCCCO)C=C(C(=NOC)C[C@@H]1N(CCOCCO)C(=O)OCC)[C@H]32. The number of carbonyl (C=O) groups excluding carboxylic acids is 2. The number of hydrogen-bond acceptors (Lipinski definition) is 12. The zero-order chi connectivity index (χ0) is 37.5. The molecule has 0 saturated heterocycles. The molecule has 1 aromatic rings. The molecule has 52 heavy (non-hydrogen) atoms. The molecule has 4 N–H and O–H groups in total. The van der Waals surface area contributed by atoms with Gasteiger partial charge in [-0.25, -0.2) is 9.59 Å². The summed E-state index contributed by atoms with van der Waals surface area (Å²) in [6, 6.07) is 4.52. The maximum atomic E-state index is 13.9. The van der Waals surface area contributed by atoms with Crippen molar-refractivity contribution in [3.05, 3.63) is 48.1 Å². The van der Waals surface area contributed by atoms with Gasteiger partial charge in [0, 0.05) is 44.2 Å². The van der Waals surface area contributed by atoms with E-state index in [0.29, 0.717) is 36.6 Å². The number of allylic oxidation sites excluding steroid dienone is 1. The van der Waals surface area contributed by atoms with E-state index in [1.165, 1.54) is 7.11 Å². The first-order valence-corrected chi connectivity index (χ1v) is 18.5. The first-order chi connectivity index (χ1) is 25.3.